The van der Waals surface area contributed by atoms with Gasteiger partial charge in [0, 0.05) is 10.6 Å². The Kier molecular flexibility index (Phi) is 5.69. The second-order valence-electron chi connectivity index (χ2n) is 5.61. The van der Waals surface area contributed by atoms with Gasteiger partial charge in [-0.05, 0) is 56.2 Å². The van der Waals surface area contributed by atoms with Crippen LogP contribution < -0.4 is 10.5 Å². The number of hydrogen-bond donors (Lipinski definition) is 2. The summed E-state index contributed by atoms with van der Waals surface area (Å²) < 4.78 is 23.1. The van der Waals surface area contributed by atoms with Gasteiger partial charge in [0.05, 0.1) is 10.6 Å². The highest BCUT2D eigenvalue weighted by Crippen LogP contribution is 2.24. The van der Waals surface area contributed by atoms with Crippen molar-refractivity contribution in [1.82, 2.24) is 0 Å². The van der Waals surface area contributed by atoms with Crippen LogP contribution in [0.1, 0.15) is 16.7 Å². The molecule has 0 atom stereocenters. The van der Waals surface area contributed by atoms with E-state index in [1.807, 2.05) is 38.1 Å². The summed E-state index contributed by atoms with van der Waals surface area (Å²) in [4.78, 5) is 13.2. The zero-order valence-corrected chi connectivity index (χ0v) is 15.4. The van der Waals surface area contributed by atoms with Crippen LogP contribution in [0.3, 0.4) is 0 Å². The van der Waals surface area contributed by atoms with Crippen LogP contribution in [0.15, 0.2) is 46.2 Å². The Morgan fingerprint density at radius 2 is 1.88 bits per heavy atom. The fourth-order valence-corrected chi connectivity index (χ4v) is 3.60. The third-order valence-corrected chi connectivity index (χ3v) is 5.49. The first-order valence-corrected chi connectivity index (χ1v) is 9.83. The van der Waals surface area contributed by atoms with Crippen LogP contribution in [-0.4, -0.2) is 20.1 Å². The molecule has 0 aromatic heterocycles. The summed E-state index contributed by atoms with van der Waals surface area (Å²) in [6.45, 7) is 5.60. The summed E-state index contributed by atoms with van der Waals surface area (Å²) in [6, 6.07) is 10.8. The van der Waals surface area contributed by atoms with Crippen LogP contribution in [0.4, 0.5) is 5.69 Å². The van der Waals surface area contributed by atoms with E-state index < -0.39 is 10.0 Å². The lowest BCUT2D eigenvalue weighted by Gasteiger charge is -2.12. The first kappa shape index (κ1) is 18.5. The average Bonchev–Trinajstić information content (AvgIpc) is 2.48. The molecule has 0 aliphatic heterocycles. The topological polar surface area (TPSA) is 89.3 Å². The van der Waals surface area contributed by atoms with Gasteiger partial charge >= 0.3 is 0 Å². The minimum atomic E-state index is -3.82. The SMILES string of the molecule is Cc1cccc(SCC(=O)Nc2cc(S(N)(=O)=O)cc(C)c2C)c1. The van der Waals surface area contributed by atoms with Gasteiger partial charge in [0.2, 0.25) is 15.9 Å². The molecule has 0 fully saturated rings. The van der Waals surface area contributed by atoms with E-state index in [0.717, 1.165) is 21.6 Å². The van der Waals surface area contributed by atoms with Gasteiger partial charge in [-0.1, -0.05) is 17.7 Å². The second-order valence-corrected chi connectivity index (χ2v) is 8.22. The molecule has 0 saturated heterocycles. The Bertz CT molecular complexity index is 877. The zero-order chi connectivity index (χ0) is 17.9. The van der Waals surface area contributed by atoms with Crippen molar-refractivity contribution >= 4 is 33.4 Å². The minimum absolute atomic E-state index is 0.00719. The van der Waals surface area contributed by atoms with Crippen LogP contribution in [-0.2, 0) is 14.8 Å². The van der Waals surface area contributed by atoms with Crippen molar-refractivity contribution in [3.05, 3.63) is 53.1 Å². The molecule has 0 spiro atoms. The number of aryl methyl sites for hydroxylation is 2. The molecule has 0 radical (unpaired) electrons. The average molecular weight is 364 g/mol. The number of sulfonamides is 1. The molecule has 7 heteroatoms. The molecule has 0 bridgehead atoms. The maximum atomic E-state index is 12.2. The molecule has 0 saturated carbocycles. The van der Waals surface area contributed by atoms with Gasteiger partial charge in [-0.25, -0.2) is 13.6 Å². The van der Waals surface area contributed by atoms with E-state index in [4.69, 9.17) is 5.14 Å². The number of nitrogens with two attached hydrogens (primary N) is 1. The Morgan fingerprint density at radius 3 is 2.50 bits per heavy atom. The molecule has 2 aromatic carbocycles. The highest BCUT2D eigenvalue weighted by molar-refractivity contribution is 8.00. The Hall–Kier alpha value is -1.83. The number of carbonyl (C=O) groups excluding carboxylic acids is 1. The molecule has 0 aliphatic rings. The quantitative estimate of drug-likeness (QED) is 0.798. The molecule has 1 amide bonds. The highest BCUT2D eigenvalue weighted by atomic mass is 32.2. The van der Waals surface area contributed by atoms with Crippen LogP contribution in [0.5, 0.6) is 0 Å². The summed E-state index contributed by atoms with van der Waals surface area (Å²) in [7, 11) is -3.82. The van der Waals surface area contributed by atoms with Gasteiger partial charge in [-0.3, -0.25) is 4.79 Å². The van der Waals surface area contributed by atoms with Crippen LogP contribution in [0, 0.1) is 20.8 Å². The second kappa shape index (κ2) is 7.38. The van der Waals surface area contributed by atoms with Gasteiger partial charge in [-0.15, -0.1) is 11.8 Å². The van der Waals surface area contributed by atoms with Crippen molar-refractivity contribution in [2.24, 2.45) is 5.14 Å². The van der Waals surface area contributed by atoms with Crippen molar-refractivity contribution in [3.63, 3.8) is 0 Å². The van der Waals surface area contributed by atoms with E-state index in [2.05, 4.69) is 5.32 Å². The fourth-order valence-electron chi connectivity index (χ4n) is 2.16. The molecular formula is C17H20N2O3S2. The number of amides is 1. The molecule has 2 aromatic rings. The molecule has 0 unspecified atom stereocenters. The van der Waals surface area contributed by atoms with Gasteiger partial charge < -0.3 is 5.32 Å². The molecule has 0 heterocycles. The lowest BCUT2D eigenvalue weighted by Crippen LogP contribution is -2.17. The standard InChI is InChI=1S/C17H20N2O3S2/c1-11-5-4-6-14(7-11)23-10-17(20)19-16-9-15(24(18,21)22)8-12(2)13(16)3/h4-9H,10H2,1-3H3,(H,19,20)(H2,18,21,22). The Balaban J connectivity index is 2.12. The number of rotatable bonds is 5. The van der Waals surface area contributed by atoms with Gasteiger partial charge in [-0.2, -0.15) is 0 Å². The van der Waals surface area contributed by atoms with Crippen LogP contribution >= 0.6 is 11.8 Å². The van der Waals surface area contributed by atoms with Crippen molar-refractivity contribution < 1.29 is 13.2 Å². The van der Waals surface area contributed by atoms with Crippen molar-refractivity contribution in [3.8, 4) is 0 Å². The zero-order valence-electron chi connectivity index (χ0n) is 13.8. The number of benzene rings is 2. The number of thioether (sulfide) groups is 1. The van der Waals surface area contributed by atoms with E-state index in [9.17, 15) is 13.2 Å². The Labute approximate surface area is 146 Å². The third kappa shape index (κ3) is 4.83. The lowest BCUT2D eigenvalue weighted by atomic mass is 10.1. The molecule has 0 aliphatic carbocycles. The summed E-state index contributed by atoms with van der Waals surface area (Å²) in [5.74, 6) is 0.0391. The predicted octanol–water partition coefficient (Wildman–Crippen LogP) is 2.99. The molecule has 2 rings (SSSR count). The van der Waals surface area contributed by atoms with E-state index >= 15 is 0 Å². The number of primary sulfonamides is 1. The molecule has 5 nitrogen and oxygen atoms in total. The fraction of sp³-hybridized carbons (Fsp3) is 0.235. The lowest BCUT2D eigenvalue weighted by molar-refractivity contribution is -0.113. The van der Waals surface area contributed by atoms with Gasteiger partial charge in [0.15, 0.2) is 0 Å². The molecule has 24 heavy (non-hydrogen) atoms. The molecular weight excluding hydrogens is 344 g/mol. The van der Waals surface area contributed by atoms with E-state index in [0.29, 0.717) is 5.69 Å². The van der Waals surface area contributed by atoms with Crippen LogP contribution in [0.2, 0.25) is 0 Å². The van der Waals surface area contributed by atoms with E-state index in [1.54, 1.807) is 6.92 Å². The van der Waals surface area contributed by atoms with Crippen molar-refractivity contribution in [2.75, 3.05) is 11.1 Å². The third-order valence-electron chi connectivity index (χ3n) is 3.60. The molecule has 128 valence electrons. The van der Waals surface area contributed by atoms with E-state index in [-0.39, 0.29) is 16.6 Å². The maximum Gasteiger partial charge on any atom is 0.238 e. The number of anilines is 1. The van der Waals surface area contributed by atoms with Crippen LogP contribution in [0.25, 0.3) is 0 Å². The first-order chi connectivity index (χ1) is 11.2. The van der Waals surface area contributed by atoms with Crippen molar-refractivity contribution in [1.29, 1.82) is 0 Å². The number of carbonyl (C=O) groups is 1. The van der Waals surface area contributed by atoms with Gasteiger partial charge in [0.25, 0.3) is 0 Å². The van der Waals surface area contributed by atoms with Crippen molar-refractivity contribution in [2.45, 2.75) is 30.6 Å². The predicted molar refractivity (Wildman–Crippen MR) is 97.8 cm³/mol. The largest absolute Gasteiger partial charge is 0.325 e. The van der Waals surface area contributed by atoms with E-state index in [1.165, 1.54) is 23.9 Å². The summed E-state index contributed by atoms with van der Waals surface area (Å²) in [5, 5.41) is 7.95. The summed E-state index contributed by atoms with van der Waals surface area (Å²) in [6.07, 6.45) is 0. The molecule has 3 N–H and O–H groups in total. The summed E-state index contributed by atoms with van der Waals surface area (Å²) in [5.41, 5.74) is 3.17. The smallest absolute Gasteiger partial charge is 0.238 e. The normalized spacial score (nSPS) is 11.3. The Morgan fingerprint density at radius 1 is 1.17 bits per heavy atom. The summed E-state index contributed by atoms with van der Waals surface area (Å²) >= 11 is 1.43. The number of hydrogen-bond acceptors (Lipinski definition) is 4. The van der Waals surface area contributed by atoms with Gasteiger partial charge in [0.1, 0.15) is 0 Å². The number of nitrogens with one attached hydrogen (secondary N) is 1. The first-order valence-electron chi connectivity index (χ1n) is 7.30. The maximum absolute atomic E-state index is 12.2. The monoisotopic (exact) mass is 364 g/mol. The highest BCUT2D eigenvalue weighted by Gasteiger charge is 2.14. The minimum Gasteiger partial charge on any atom is -0.325 e.